The van der Waals surface area contributed by atoms with E-state index < -0.39 is 0 Å². The van der Waals surface area contributed by atoms with E-state index in [0.29, 0.717) is 0 Å². The zero-order chi connectivity index (χ0) is 15.9. The van der Waals surface area contributed by atoms with Crippen molar-refractivity contribution in [2.24, 2.45) is 0 Å². The van der Waals surface area contributed by atoms with Crippen molar-refractivity contribution >= 4 is 11.5 Å². The number of fused-ring (bicyclic) bond motifs is 2. The summed E-state index contributed by atoms with van der Waals surface area (Å²) >= 11 is 0. The molecule has 1 aromatic heterocycles. The van der Waals surface area contributed by atoms with E-state index in [2.05, 4.69) is 34.2 Å². The number of hydrogen-bond acceptors (Lipinski definition) is 4. The molecule has 4 rings (SSSR count). The maximum absolute atomic E-state index is 9.50. The van der Waals surface area contributed by atoms with Crippen LogP contribution in [0.1, 0.15) is 36.3 Å². The Labute approximate surface area is 136 Å². The monoisotopic (exact) mass is 304 g/mol. The van der Waals surface area contributed by atoms with Gasteiger partial charge in [0.25, 0.3) is 0 Å². The lowest BCUT2D eigenvalue weighted by Crippen LogP contribution is -2.42. The predicted octanol–water partition coefficient (Wildman–Crippen LogP) is 3.21. The number of rotatable bonds is 1. The molecule has 1 fully saturated rings. The van der Waals surface area contributed by atoms with E-state index >= 15 is 0 Å². The van der Waals surface area contributed by atoms with Crippen molar-refractivity contribution in [3.8, 4) is 6.07 Å². The topological polar surface area (TPSA) is 65.9 Å². The van der Waals surface area contributed by atoms with Crippen LogP contribution in [0.2, 0.25) is 0 Å². The van der Waals surface area contributed by atoms with Crippen LogP contribution in [0, 0.1) is 11.3 Å². The third-order valence-corrected chi connectivity index (χ3v) is 5.47. The highest BCUT2D eigenvalue weighted by Crippen LogP contribution is 2.51. The Morgan fingerprint density at radius 2 is 2.00 bits per heavy atom. The van der Waals surface area contributed by atoms with Gasteiger partial charge in [-0.1, -0.05) is 24.3 Å². The van der Waals surface area contributed by atoms with Gasteiger partial charge in [-0.3, -0.25) is 0 Å². The molecule has 1 aliphatic carbocycles. The molecule has 2 heterocycles. The molecule has 0 amide bonds. The fourth-order valence-electron chi connectivity index (χ4n) is 4.25. The first-order valence-corrected chi connectivity index (χ1v) is 8.17. The second-order valence-electron chi connectivity index (χ2n) is 6.69. The number of piperidine rings is 1. The lowest BCUT2D eigenvalue weighted by atomic mass is 9.73. The first kappa shape index (κ1) is 14.1. The normalized spacial score (nSPS) is 21.9. The molecule has 2 N–H and O–H groups in total. The van der Waals surface area contributed by atoms with Crippen molar-refractivity contribution in [1.82, 2.24) is 4.98 Å². The van der Waals surface area contributed by atoms with E-state index in [0.717, 1.165) is 43.9 Å². The SMILES string of the molecule is N#C[C@@H]1CC2(CCN(c3cc(N)ccn3)CC2)c2ccccc21. The first-order chi connectivity index (χ1) is 11.2. The van der Waals surface area contributed by atoms with Gasteiger partial charge in [-0.2, -0.15) is 5.26 Å². The standard InChI is InChI=1S/C19H20N4/c20-13-14-12-19(17-4-2-1-3-16(14)17)6-9-23(10-7-19)18-11-15(21)5-8-22-18/h1-5,8,11,14H,6-7,9-10,12H2,(H2,21,22)/t14-/m0/s1. The van der Waals surface area contributed by atoms with Crippen LogP contribution >= 0.6 is 0 Å². The molecule has 0 bridgehead atoms. The van der Waals surface area contributed by atoms with Gasteiger partial charge in [0.1, 0.15) is 5.82 Å². The average Bonchev–Trinajstić information content (AvgIpc) is 2.90. The minimum absolute atomic E-state index is 0.0447. The van der Waals surface area contributed by atoms with Crippen molar-refractivity contribution in [3.63, 3.8) is 0 Å². The Morgan fingerprint density at radius 3 is 2.74 bits per heavy atom. The fourth-order valence-corrected chi connectivity index (χ4v) is 4.25. The number of anilines is 2. The van der Waals surface area contributed by atoms with E-state index in [4.69, 9.17) is 5.73 Å². The van der Waals surface area contributed by atoms with Gasteiger partial charge in [0, 0.05) is 36.5 Å². The number of hydrogen-bond donors (Lipinski definition) is 1. The molecule has 2 aromatic rings. The number of aromatic nitrogens is 1. The van der Waals surface area contributed by atoms with Crippen LogP contribution in [0.4, 0.5) is 11.5 Å². The zero-order valence-electron chi connectivity index (χ0n) is 13.1. The molecule has 4 heteroatoms. The van der Waals surface area contributed by atoms with Crippen LogP contribution in [-0.4, -0.2) is 18.1 Å². The number of nitriles is 1. The van der Waals surface area contributed by atoms with Gasteiger partial charge in [-0.25, -0.2) is 4.98 Å². The summed E-state index contributed by atoms with van der Waals surface area (Å²) in [6.07, 6.45) is 4.87. The zero-order valence-corrected chi connectivity index (χ0v) is 13.1. The maximum Gasteiger partial charge on any atom is 0.130 e. The van der Waals surface area contributed by atoms with Crippen LogP contribution in [0.3, 0.4) is 0 Å². The summed E-state index contributed by atoms with van der Waals surface area (Å²) < 4.78 is 0. The Balaban J connectivity index is 1.59. The Hall–Kier alpha value is -2.54. The molecule has 1 saturated heterocycles. The largest absolute Gasteiger partial charge is 0.399 e. The van der Waals surface area contributed by atoms with Crippen LogP contribution in [0.25, 0.3) is 0 Å². The lowest BCUT2D eigenvalue weighted by molar-refractivity contribution is 0.323. The second-order valence-corrected chi connectivity index (χ2v) is 6.69. The first-order valence-electron chi connectivity index (χ1n) is 8.17. The minimum atomic E-state index is 0.0447. The fraction of sp³-hybridized carbons (Fsp3) is 0.368. The molecule has 1 atom stereocenters. The van der Waals surface area contributed by atoms with Gasteiger partial charge in [0.05, 0.1) is 12.0 Å². The second kappa shape index (κ2) is 5.27. The Bertz CT molecular complexity index is 769. The smallest absolute Gasteiger partial charge is 0.130 e. The molecule has 23 heavy (non-hydrogen) atoms. The summed E-state index contributed by atoms with van der Waals surface area (Å²) in [5.41, 5.74) is 9.43. The van der Waals surface area contributed by atoms with E-state index in [1.807, 2.05) is 18.2 Å². The molecule has 0 unspecified atom stereocenters. The molecule has 1 aliphatic heterocycles. The summed E-state index contributed by atoms with van der Waals surface area (Å²) in [5.74, 6) is 1.01. The van der Waals surface area contributed by atoms with Crippen molar-refractivity contribution in [2.45, 2.75) is 30.6 Å². The molecule has 116 valence electrons. The minimum Gasteiger partial charge on any atom is -0.399 e. The van der Waals surface area contributed by atoms with E-state index in [1.54, 1.807) is 6.20 Å². The number of pyridine rings is 1. The van der Waals surface area contributed by atoms with Gasteiger partial charge in [-0.05, 0) is 36.5 Å². The van der Waals surface area contributed by atoms with Crippen LogP contribution in [-0.2, 0) is 5.41 Å². The highest BCUT2D eigenvalue weighted by Gasteiger charge is 2.45. The van der Waals surface area contributed by atoms with Gasteiger partial charge in [-0.15, -0.1) is 0 Å². The highest BCUT2D eigenvalue weighted by atomic mass is 15.2. The number of nitrogens with two attached hydrogens (primary N) is 1. The van der Waals surface area contributed by atoms with E-state index in [9.17, 15) is 5.26 Å². The van der Waals surface area contributed by atoms with Crippen molar-refractivity contribution in [3.05, 3.63) is 53.7 Å². The summed E-state index contributed by atoms with van der Waals surface area (Å²) in [5, 5.41) is 9.50. The van der Waals surface area contributed by atoms with Gasteiger partial charge in [0.15, 0.2) is 0 Å². The van der Waals surface area contributed by atoms with E-state index in [1.165, 1.54) is 11.1 Å². The molecule has 1 spiro atoms. The number of benzene rings is 1. The lowest BCUT2D eigenvalue weighted by Gasteiger charge is -2.40. The number of nitrogen functional groups attached to an aromatic ring is 1. The van der Waals surface area contributed by atoms with Crippen LogP contribution < -0.4 is 10.6 Å². The van der Waals surface area contributed by atoms with Gasteiger partial charge < -0.3 is 10.6 Å². The third kappa shape index (κ3) is 2.24. The van der Waals surface area contributed by atoms with E-state index in [-0.39, 0.29) is 11.3 Å². The number of nitrogens with zero attached hydrogens (tertiary/aromatic N) is 3. The average molecular weight is 304 g/mol. The molecular formula is C19H20N4. The van der Waals surface area contributed by atoms with Gasteiger partial charge in [0.2, 0.25) is 0 Å². The molecular weight excluding hydrogens is 284 g/mol. The van der Waals surface area contributed by atoms with Crippen molar-refractivity contribution in [2.75, 3.05) is 23.7 Å². The summed E-state index contributed by atoms with van der Waals surface area (Å²) in [6, 6.07) is 14.8. The Kier molecular flexibility index (Phi) is 3.23. The van der Waals surface area contributed by atoms with Crippen LogP contribution in [0.5, 0.6) is 0 Å². The predicted molar refractivity (Wildman–Crippen MR) is 91.2 cm³/mol. The van der Waals surface area contributed by atoms with Crippen LogP contribution in [0.15, 0.2) is 42.6 Å². The summed E-state index contributed by atoms with van der Waals surface area (Å²) in [7, 11) is 0. The van der Waals surface area contributed by atoms with Gasteiger partial charge >= 0.3 is 0 Å². The Morgan fingerprint density at radius 1 is 1.22 bits per heavy atom. The molecule has 2 aliphatic rings. The molecule has 4 nitrogen and oxygen atoms in total. The summed E-state index contributed by atoms with van der Waals surface area (Å²) in [6.45, 7) is 1.92. The van der Waals surface area contributed by atoms with Crippen molar-refractivity contribution < 1.29 is 0 Å². The quantitative estimate of drug-likeness (QED) is 0.878. The third-order valence-electron chi connectivity index (χ3n) is 5.47. The summed E-state index contributed by atoms with van der Waals surface area (Å²) in [4.78, 5) is 6.76. The maximum atomic E-state index is 9.50. The molecule has 0 radical (unpaired) electrons. The molecule has 1 aromatic carbocycles. The highest BCUT2D eigenvalue weighted by molar-refractivity contribution is 5.52. The van der Waals surface area contributed by atoms with Crippen molar-refractivity contribution in [1.29, 1.82) is 5.26 Å². The molecule has 0 saturated carbocycles.